The van der Waals surface area contributed by atoms with Crippen LogP contribution in [-0.4, -0.2) is 34.6 Å². The minimum absolute atomic E-state index is 0.122. The average molecular weight is 340 g/mol. The number of aliphatic hydroxyl groups excluding tert-OH is 1. The molecule has 3 rings (SSSR count). The van der Waals surface area contributed by atoms with Crippen molar-refractivity contribution in [2.24, 2.45) is 5.92 Å². The first-order valence-electron chi connectivity index (χ1n) is 8.47. The predicted octanol–water partition coefficient (Wildman–Crippen LogP) is 3.56. The van der Waals surface area contributed by atoms with Gasteiger partial charge in [0.25, 0.3) is 0 Å². The second-order valence-electron chi connectivity index (χ2n) is 6.74. The van der Waals surface area contributed by atoms with Crippen LogP contribution in [0.25, 0.3) is 0 Å². The molecule has 1 aromatic rings. The lowest BCUT2D eigenvalue weighted by Crippen LogP contribution is -2.49. The molecule has 1 saturated carbocycles. The molecule has 1 saturated heterocycles. The van der Waals surface area contributed by atoms with Crippen LogP contribution in [-0.2, 0) is 11.2 Å². The molecule has 1 aliphatic heterocycles. The van der Waals surface area contributed by atoms with Crippen molar-refractivity contribution >= 4 is 17.5 Å². The molecule has 1 amide bonds. The van der Waals surface area contributed by atoms with Crippen LogP contribution in [0.15, 0.2) is 18.2 Å². The third kappa shape index (κ3) is 3.69. The van der Waals surface area contributed by atoms with Crippen molar-refractivity contribution < 1.29 is 14.3 Å². The van der Waals surface area contributed by atoms with Crippen molar-refractivity contribution in [1.82, 2.24) is 4.90 Å². The summed E-state index contributed by atoms with van der Waals surface area (Å²) in [7, 11) is 0. The van der Waals surface area contributed by atoms with Gasteiger partial charge in [0.15, 0.2) is 0 Å². The van der Waals surface area contributed by atoms with E-state index in [-0.39, 0.29) is 29.8 Å². The maximum absolute atomic E-state index is 14.0. The third-order valence-electron chi connectivity index (χ3n) is 5.20. The quantitative estimate of drug-likeness (QED) is 0.914. The maximum Gasteiger partial charge on any atom is 0.226 e. The largest absolute Gasteiger partial charge is 0.393 e. The summed E-state index contributed by atoms with van der Waals surface area (Å²) in [4.78, 5) is 14.8. The van der Waals surface area contributed by atoms with E-state index < -0.39 is 0 Å². The monoisotopic (exact) mass is 339 g/mol. The Kier molecular flexibility index (Phi) is 5.22. The molecule has 0 radical (unpaired) electrons. The summed E-state index contributed by atoms with van der Waals surface area (Å²) in [6, 6.07) is 4.89. The summed E-state index contributed by atoms with van der Waals surface area (Å²) in [5.41, 5.74) is 0.452. The highest BCUT2D eigenvalue weighted by Crippen LogP contribution is 2.31. The molecule has 0 spiro atoms. The third-order valence-corrected chi connectivity index (χ3v) is 5.56. The summed E-state index contributed by atoms with van der Waals surface area (Å²) < 4.78 is 14.0. The Balaban J connectivity index is 1.70. The summed E-state index contributed by atoms with van der Waals surface area (Å²) in [5.74, 6) is -0.398. The van der Waals surface area contributed by atoms with Gasteiger partial charge in [0, 0.05) is 29.1 Å². The Bertz CT molecular complexity index is 552. The molecule has 5 heteroatoms. The molecule has 126 valence electrons. The van der Waals surface area contributed by atoms with Crippen molar-refractivity contribution in [2.45, 2.75) is 57.1 Å². The number of amides is 1. The molecule has 2 aliphatic rings. The standard InChI is InChI=1S/C18H23ClFNO2/c19-16-4-1-5-17(20)15(16)11-12-3-2-10-21(18(12)23)13-6-8-14(22)9-7-13/h1,4-5,12-14,22H,2-3,6-11H2. The van der Waals surface area contributed by atoms with E-state index in [1.165, 1.54) is 6.07 Å². The molecule has 23 heavy (non-hydrogen) atoms. The number of benzene rings is 1. The number of rotatable bonds is 3. The van der Waals surface area contributed by atoms with Crippen LogP contribution in [0.5, 0.6) is 0 Å². The summed E-state index contributed by atoms with van der Waals surface area (Å²) in [5, 5.41) is 10.0. The smallest absolute Gasteiger partial charge is 0.226 e. The average Bonchev–Trinajstić information content (AvgIpc) is 2.53. The lowest BCUT2D eigenvalue weighted by Gasteiger charge is -2.40. The van der Waals surface area contributed by atoms with Gasteiger partial charge in [-0.3, -0.25) is 4.79 Å². The maximum atomic E-state index is 14.0. The molecule has 0 bridgehead atoms. The highest BCUT2D eigenvalue weighted by molar-refractivity contribution is 6.31. The Morgan fingerprint density at radius 3 is 2.65 bits per heavy atom. The van der Waals surface area contributed by atoms with E-state index in [0.717, 1.165) is 45.1 Å². The molecular formula is C18H23ClFNO2. The van der Waals surface area contributed by atoms with Crippen LogP contribution in [0.1, 0.15) is 44.1 Å². The van der Waals surface area contributed by atoms with Crippen LogP contribution in [0.2, 0.25) is 5.02 Å². The molecule has 1 unspecified atom stereocenters. The molecule has 1 aliphatic carbocycles. The van der Waals surface area contributed by atoms with E-state index in [1.54, 1.807) is 12.1 Å². The van der Waals surface area contributed by atoms with Crippen LogP contribution >= 0.6 is 11.6 Å². The van der Waals surface area contributed by atoms with Gasteiger partial charge >= 0.3 is 0 Å². The Morgan fingerprint density at radius 1 is 1.22 bits per heavy atom. The zero-order valence-corrected chi connectivity index (χ0v) is 13.9. The molecular weight excluding hydrogens is 317 g/mol. The van der Waals surface area contributed by atoms with E-state index in [4.69, 9.17) is 11.6 Å². The van der Waals surface area contributed by atoms with Gasteiger partial charge in [-0.05, 0) is 57.1 Å². The highest BCUT2D eigenvalue weighted by atomic mass is 35.5. The number of aliphatic hydroxyl groups is 1. The topological polar surface area (TPSA) is 40.5 Å². The normalized spacial score (nSPS) is 28.9. The van der Waals surface area contributed by atoms with Gasteiger partial charge in [-0.25, -0.2) is 4.39 Å². The number of hydrogen-bond acceptors (Lipinski definition) is 2. The summed E-state index contributed by atoms with van der Waals surface area (Å²) in [6.45, 7) is 0.779. The lowest BCUT2D eigenvalue weighted by molar-refractivity contribution is -0.142. The minimum atomic E-state index is -0.330. The van der Waals surface area contributed by atoms with Gasteiger partial charge in [0.05, 0.1) is 6.10 Å². The Morgan fingerprint density at radius 2 is 1.96 bits per heavy atom. The number of carbonyl (C=O) groups excluding carboxylic acids is 1. The SMILES string of the molecule is O=C1C(Cc2c(F)cccc2Cl)CCCN1C1CCC(O)CC1. The van der Waals surface area contributed by atoms with Crippen molar-refractivity contribution in [1.29, 1.82) is 0 Å². The van der Waals surface area contributed by atoms with Gasteiger partial charge in [0.2, 0.25) is 5.91 Å². The van der Waals surface area contributed by atoms with Crippen molar-refractivity contribution in [3.63, 3.8) is 0 Å². The molecule has 2 fully saturated rings. The fraction of sp³-hybridized carbons (Fsp3) is 0.611. The summed E-state index contributed by atoms with van der Waals surface area (Å²) in [6.07, 6.45) is 5.13. The second-order valence-corrected chi connectivity index (χ2v) is 7.14. The number of hydrogen-bond donors (Lipinski definition) is 1. The molecule has 1 heterocycles. The number of piperidine rings is 1. The zero-order chi connectivity index (χ0) is 16.4. The molecule has 1 N–H and O–H groups in total. The van der Waals surface area contributed by atoms with Gasteiger partial charge in [-0.15, -0.1) is 0 Å². The van der Waals surface area contributed by atoms with Crippen LogP contribution < -0.4 is 0 Å². The molecule has 3 nitrogen and oxygen atoms in total. The second kappa shape index (κ2) is 7.18. The van der Waals surface area contributed by atoms with E-state index in [1.807, 2.05) is 4.90 Å². The van der Waals surface area contributed by atoms with Crippen LogP contribution in [0, 0.1) is 11.7 Å². The van der Waals surface area contributed by atoms with Crippen LogP contribution in [0.3, 0.4) is 0 Å². The predicted molar refractivity (Wildman–Crippen MR) is 87.8 cm³/mol. The van der Waals surface area contributed by atoms with Crippen molar-refractivity contribution in [3.05, 3.63) is 34.6 Å². The van der Waals surface area contributed by atoms with E-state index in [9.17, 15) is 14.3 Å². The minimum Gasteiger partial charge on any atom is -0.393 e. The summed E-state index contributed by atoms with van der Waals surface area (Å²) >= 11 is 6.10. The van der Waals surface area contributed by atoms with Gasteiger partial charge in [-0.2, -0.15) is 0 Å². The first-order chi connectivity index (χ1) is 11.1. The Hall–Kier alpha value is -1.13. The number of nitrogens with zero attached hydrogens (tertiary/aromatic N) is 1. The number of carbonyl (C=O) groups is 1. The zero-order valence-electron chi connectivity index (χ0n) is 13.2. The fourth-order valence-corrected chi connectivity index (χ4v) is 4.11. The Labute approximate surface area is 141 Å². The van der Waals surface area contributed by atoms with Gasteiger partial charge < -0.3 is 10.0 Å². The van der Waals surface area contributed by atoms with Gasteiger partial charge in [0.1, 0.15) is 5.82 Å². The molecule has 0 aromatic heterocycles. The highest BCUT2D eigenvalue weighted by Gasteiger charge is 2.35. The van der Waals surface area contributed by atoms with E-state index >= 15 is 0 Å². The fourth-order valence-electron chi connectivity index (χ4n) is 3.87. The van der Waals surface area contributed by atoms with Crippen molar-refractivity contribution in [3.8, 4) is 0 Å². The number of halogens is 2. The lowest BCUT2D eigenvalue weighted by atomic mass is 9.86. The van der Waals surface area contributed by atoms with E-state index in [2.05, 4.69) is 0 Å². The molecule has 1 atom stereocenters. The first kappa shape index (κ1) is 16.7. The van der Waals surface area contributed by atoms with Gasteiger partial charge in [-0.1, -0.05) is 17.7 Å². The number of likely N-dealkylation sites (tertiary alicyclic amines) is 1. The molecule has 1 aromatic carbocycles. The van der Waals surface area contributed by atoms with Crippen molar-refractivity contribution in [2.75, 3.05) is 6.54 Å². The van der Waals surface area contributed by atoms with E-state index in [0.29, 0.717) is 17.0 Å². The van der Waals surface area contributed by atoms with Crippen LogP contribution in [0.4, 0.5) is 4.39 Å². The first-order valence-corrected chi connectivity index (χ1v) is 8.85.